The molecule has 0 unspecified atom stereocenters. The van der Waals surface area contributed by atoms with Crippen molar-refractivity contribution in [3.63, 3.8) is 0 Å². The number of hydrogen-bond donors (Lipinski definition) is 1. The molecule has 0 aromatic carbocycles. The van der Waals surface area contributed by atoms with E-state index < -0.39 is 0 Å². The molecule has 1 aromatic heterocycles. The highest BCUT2D eigenvalue weighted by atomic mass is 35.5. The van der Waals surface area contributed by atoms with Crippen LogP contribution in [0.15, 0.2) is 36.7 Å². The van der Waals surface area contributed by atoms with Gasteiger partial charge in [0.05, 0.1) is 12.4 Å². The van der Waals surface area contributed by atoms with Gasteiger partial charge < -0.3 is 5.32 Å². The summed E-state index contributed by atoms with van der Waals surface area (Å²) in [5, 5.41) is 2.76. The summed E-state index contributed by atoms with van der Waals surface area (Å²) < 4.78 is 0. The molecule has 0 aliphatic heterocycles. The van der Waals surface area contributed by atoms with Gasteiger partial charge in [-0.15, -0.1) is 0 Å². The Labute approximate surface area is 92.7 Å². The number of rotatable bonds is 3. The van der Waals surface area contributed by atoms with E-state index in [1.54, 1.807) is 12.2 Å². The first-order valence-electron chi connectivity index (χ1n) is 4.30. The van der Waals surface area contributed by atoms with E-state index in [0.717, 1.165) is 0 Å². The largest absolute Gasteiger partial charge is 0.306 e. The number of nitrogens with one attached hydrogen (secondary N) is 1. The minimum Gasteiger partial charge on any atom is -0.306 e. The first-order valence-corrected chi connectivity index (χ1v) is 4.68. The lowest BCUT2D eigenvalue weighted by Gasteiger charge is -1.99. The van der Waals surface area contributed by atoms with Crippen LogP contribution in [0.25, 0.3) is 0 Å². The molecular weight excluding hydrogens is 214 g/mol. The van der Waals surface area contributed by atoms with Crippen molar-refractivity contribution in [2.45, 2.75) is 6.92 Å². The van der Waals surface area contributed by atoms with Crippen molar-refractivity contribution in [2.24, 2.45) is 0 Å². The van der Waals surface area contributed by atoms with E-state index in [4.69, 9.17) is 11.6 Å². The van der Waals surface area contributed by atoms with Crippen LogP contribution in [0.2, 0.25) is 5.15 Å². The van der Waals surface area contributed by atoms with Gasteiger partial charge in [-0.1, -0.05) is 29.8 Å². The second-order valence-corrected chi connectivity index (χ2v) is 2.99. The Balaban J connectivity index is 2.59. The molecular formula is C10H10ClN3O. The molecule has 0 aliphatic carbocycles. The number of nitrogens with zero attached hydrogens (tertiary/aromatic N) is 2. The van der Waals surface area contributed by atoms with Crippen LogP contribution in [0.1, 0.15) is 6.92 Å². The fourth-order valence-electron chi connectivity index (χ4n) is 0.824. The second-order valence-electron chi connectivity index (χ2n) is 2.60. The zero-order chi connectivity index (χ0) is 11.1. The van der Waals surface area contributed by atoms with Gasteiger partial charge in [-0.2, -0.15) is 0 Å². The van der Waals surface area contributed by atoms with E-state index in [1.807, 2.05) is 13.0 Å². The minimum absolute atomic E-state index is 0.241. The molecule has 0 bridgehead atoms. The summed E-state index contributed by atoms with van der Waals surface area (Å²) >= 11 is 5.60. The lowest BCUT2D eigenvalue weighted by Crippen LogP contribution is -2.09. The molecule has 1 aromatic rings. The number of hydrogen-bond acceptors (Lipinski definition) is 3. The van der Waals surface area contributed by atoms with Gasteiger partial charge in [-0.3, -0.25) is 9.78 Å². The first kappa shape index (κ1) is 11.4. The van der Waals surface area contributed by atoms with Crippen LogP contribution < -0.4 is 5.32 Å². The number of anilines is 1. The third-order valence-electron chi connectivity index (χ3n) is 1.41. The van der Waals surface area contributed by atoms with E-state index in [0.29, 0.717) is 5.82 Å². The maximum Gasteiger partial charge on any atom is 0.249 e. The standard InChI is InChI=1S/C10H10ClN3O/c1-2-3-4-5-10(15)14-9-7-12-6-8(11)13-9/h2-7H,1H3,(H,13,14,15)/b3-2+,5-4+. The monoisotopic (exact) mass is 223 g/mol. The molecule has 78 valence electrons. The Bertz CT molecular complexity index is 401. The molecule has 4 nitrogen and oxygen atoms in total. The van der Waals surface area contributed by atoms with Crippen LogP contribution in [0.3, 0.4) is 0 Å². The van der Waals surface area contributed by atoms with Crippen molar-refractivity contribution in [2.75, 3.05) is 5.32 Å². The summed E-state index contributed by atoms with van der Waals surface area (Å²) in [6.07, 6.45) is 9.42. The van der Waals surface area contributed by atoms with Crippen LogP contribution in [-0.2, 0) is 4.79 Å². The zero-order valence-corrected chi connectivity index (χ0v) is 8.90. The Morgan fingerprint density at radius 3 is 2.93 bits per heavy atom. The summed E-state index contributed by atoms with van der Waals surface area (Å²) in [7, 11) is 0. The van der Waals surface area contributed by atoms with Gasteiger partial charge in [0.25, 0.3) is 0 Å². The topological polar surface area (TPSA) is 54.9 Å². The molecule has 0 aliphatic rings. The fraction of sp³-hybridized carbons (Fsp3) is 0.100. The smallest absolute Gasteiger partial charge is 0.249 e. The lowest BCUT2D eigenvalue weighted by atomic mass is 10.4. The second kappa shape index (κ2) is 5.93. The first-order chi connectivity index (χ1) is 7.22. The quantitative estimate of drug-likeness (QED) is 0.631. The Hall–Kier alpha value is -1.68. The summed E-state index contributed by atoms with van der Waals surface area (Å²) in [6.45, 7) is 1.87. The van der Waals surface area contributed by atoms with Gasteiger partial charge in [0.2, 0.25) is 5.91 Å². The molecule has 1 N–H and O–H groups in total. The zero-order valence-electron chi connectivity index (χ0n) is 8.14. The predicted molar refractivity (Wildman–Crippen MR) is 59.6 cm³/mol. The highest BCUT2D eigenvalue weighted by molar-refractivity contribution is 6.29. The maximum absolute atomic E-state index is 11.3. The number of halogens is 1. The van der Waals surface area contributed by atoms with E-state index >= 15 is 0 Å². The van der Waals surface area contributed by atoms with Crippen molar-refractivity contribution in [3.8, 4) is 0 Å². The van der Waals surface area contributed by atoms with Crippen molar-refractivity contribution in [1.29, 1.82) is 0 Å². The van der Waals surface area contributed by atoms with Crippen molar-refractivity contribution in [3.05, 3.63) is 41.9 Å². The summed E-state index contributed by atoms with van der Waals surface area (Å²) in [6, 6.07) is 0. The fourth-order valence-corrected chi connectivity index (χ4v) is 0.972. The van der Waals surface area contributed by atoms with Crippen LogP contribution in [0, 0.1) is 0 Å². The third-order valence-corrected chi connectivity index (χ3v) is 1.59. The molecule has 1 rings (SSSR count). The Morgan fingerprint density at radius 1 is 1.47 bits per heavy atom. The van der Waals surface area contributed by atoms with E-state index in [1.165, 1.54) is 18.5 Å². The summed E-state index contributed by atoms with van der Waals surface area (Å²) in [5.74, 6) is 0.0577. The van der Waals surface area contributed by atoms with E-state index in [2.05, 4.69) is 15.3 Å². The number of carbonyl (C=O) groups is 1. The van der Waals surface area contributed by atoms with Gasteiger partial charge >= 0.3 is 0 Å². The molecule has 0 spiro atoms. The number of carbonyl (C=O) groups excluding carboxylic acids is 1. The number of aromatic nitrogens is 2. The molecule has 1 amide bonds. The molecule has 0 saturated heterocycles. The third kappa shape index (κ3) is 4.37. The molecule has 0 saturated carbocycles. The molecule has 0 atom stereocenters. The van der Waals surface area contributed by atoms with E-state index in [-0.39, 0.29) is 11.1 Å². The summed E-state index contributed by atoms with van der Waals surface area (Å²) in [5.41, 5.74) is 0. The van der Waals surface area contributed by atoms with Gasteiger partial charge in [-0.25, -0.2) is 4.98 Å². The van der Waals surface area contributed by atoms with Crippen LogP contribution >= 0.6 is 11.6 Å². The summed E-state index contributed by atoms with van der Waals surface area (Å²) in [4.78, 5) is 18.9. The Kier molecular flexibility index (Phi) is 4.50. The maximum atomic E-state index is 11.3. The van der Waals surface area contributed by atoms with Gasteiger partial charge in [0, 0.05) is 6.08 Å². The normalized spacial score (nSPS) is 11.1. The SMILES string of the molecule is C/C=C/C=C/C(=O)Nc1cncc(Cl)n1. The van der Waals surface area contributed by atoms with Crippen molar-refractivity contribution >= 4 is 23.3 Å². The highest BCUT2D eigenvalue weighted by Crippen LogP contribution is 2.06. The molecule has 5 heteroatoms. The van der Waals surface area contributed by atoms with Crippen LogP contribution in [0.5, 0.6) is 0 Å². The van der Waals surface area contributed by atoms with Crippen LogP contribution in [0.4, 0.5) is 5.82 Å². The average molecular weight is 224 g/mol. The van der Waals surface area contributed by atoms with Crippen LogP contribution in [-0.4, -0.2) is 15.9 Å². The molecule has 0 radical (unpaired) electrons. The number of amides is 1. The van der Waals surface area contributed by atoms with Gasteiger partial charge in [0.15, 0.2) is 5.82 Å². The number of allylic oxidation sites excluding steroid dienone is 3. The molecule has 15 heavy (non-hydrogen) atoms. The van der Waals surface area contributed by atoms with Gasteiger partial charge in [-0.05, 0) is 6.92 Å². The van der Waals surface area contributed by atoms with Crippen molar-refractivity contribution < 1.29 is 4.79 Å². The van der Waals surface area contributed by atoms with Gasteiger partial charge in [0.1, 0.15) is 5.15 Å². The van der Waals surface area contributed by atoms with E-state index in [9.17, 15) is 4.79 Å². The van der Waals surface area contributed by atoms with Crippen molar-refractivity contribution in [1.82, 2.24) is 9.97 Å². The average Bonchev–Trinajstić information content (AvgIpc) is 2.18. The minimum atomic E-state index is -0.273. The predicted octanol–water partition coefficient (Wildman–Crippen LogP) is 2.20. The molecule has 0 fully saturated rings. The Morgan fingerprint density at radius 2 is 2.27 bits per heavy atom. The lowest BCUT2D eigenvalue weighted by molar-refractivity contribution is -0.111. The highest BCUT2D eigenvalue weighted by Gasteiger charge is 1.99. The molecule has 1 heterocycles.